The first-order valence-corrected chi connectivity index (χ1v) is 10.2. The van der Waals surface area contributed by atoms with Gasteiger partial charge in [0.25, 0.3) is 0 Å². The number of benzene rings is 2. The molecule has 0 amide bonds. The van der Waals surface area contributed by atoms with Crippen molar-refractivity contribution < 1.29 is 17.5 Å². The fourth-order valence-corrected chi connectivity index (χ4v) is 4.53. The number of sulfonamides is 1. The molecule has 1 saturated heterocycles. The normalized spacial score (nSPS) is 15.9. The molecule has 1 aliphatic rings. The molecule has 3 rings (SSSR count). The first-order chi connectivity index (χ1) is 12.5. The van der Waals surface area contributed by atoms with Crippen LogP contribution in [0.25, 0.3) is 0 Å². The summed E-state index contributed by atoms with van der Waals surface area (Å²) in [6.45, 7) is 2.73. The molecular weight excluding hydrogens is 355 g/mol. The molecule has 1 aliphatic heterocycles. The summed E-state index contributed by atoms with van der Waals surface area (Å²) in [6.07, 6.45) is 0. The third-order valence-corrected chi connectivity index (χ3v) is 6.18. The van der Waals surface area contributed by atoms with E-state index >= 15 is 0 Å². The van der Waals surface area contributed by atoms with Crippen molar-refractivity contribution in [3.63, 3.8) is 0 Å². The zero-order valence-electron chi connectivity index (χ0n) is 14.5. The fraction of sp³-hybridized carbons (Fsp3) is 0.368. The Bertz CT molecular complexity index is 836. The number of rotatable bonds is 7. The molecule has 0 unspecified atom stereocenters. The minimum Gasteiger partial charge on any atom is -0.379 e. The van der Waals surface area contributed by atoms with Gasteiger partial charge in [0.1, 0.15) is 5.82 Å². The Hall–Kier alpha value is -1.80. The zero-order chi connectivity index (χ0) is 18.4. The van der Waals surface area contributed by atoms with Crippen molar-refractivity contribution in [1.82, 2.24) is 9.62 Å². The maximum atomic E-state index is 13.2. The van der Waals surface area contributed by atoms with E-state index < -0.39 is 10.0 Å². The maximum absolute atomic E-state index is 13.2. The first-order valence-electron chi connectivity index (χ1n) is 8.62. The number of ether oxygens (including phenoxy) is 1. The number of morpholine rings is 1. The van der Waals surface area contributed by atoms with E-state index in [1.807, 2.05) is 30.3 Å². The molecule has 2 aromatic rings. The van der Waals surface area contributed by atoms with Gasteiger partial charge in [0.2, 0.25) is 10.0 Å². The SMILES string of the molecule is O=S(=O)(Cc1ccccc1CNCc1cccc(F)c1)N1CCOCC1. The van der Waals surface area contributed by atoms with Crippen molar-refractivity contribution in [2.75, 3.05) is 26.3 Å². The van der Waals surface area contributed by atoms with E-state index in [9.17, 15) is 12.8 Å². The molecule has 0 radical (unpaired) electrons. The van der Waals surface area contributed by atoms with E-state index in [4.69, 9.17) is 4.74 Å². The Labute approximate surface area is 153 Å². The highest BCUT2D eigenvalue weighted by atomic mass is 32.2. The van der Waals surface area contributed by atoms with Crippen LogP contribution in [0, 0.1) is 5.82 Å². The maximum Gasteiger partial charge on any atom is 0.218 e. The summed E-state index contributed by atoms with van der Waals surface area (Å²) < 4.78 is 45.3. The molecule has 5 nitrogen and oxygen atoms in total. The molecular formula is C19H23FN2O3S. The van der Waals surface area contributed by atoms with Crippen LogP contribution >= 0.6 is 0 Å². The van der Waals surface area contributed by atoms with Crippen LogP contribution in [0.1, 0.15) is 16.7 Å². The summed E-state index contributed by atoms with van der Waals surface area (Å²) in [5.41, 5.74) is 2.56. The first kappa shape index (κ1) is 19.0. The van der Waals surface area contributed by atoms with Gasteiger partial charge in [-0.05, 0) is 28.8 Å². The average molecular weight is 378 g/mol. The predicted octanol–water partition coefficient (Wildman–Crippen LogP) is 2.28. The van der Waals surface area contributed by atoms with E-state index in [0.29, 0.717) is 39.4 Å². The van der Waals surface area contributed by atoms with Gasteiger partial charge in [0, 0.05) is 26.2 Å². The Morgan fingerprint density at radius 2 is 1.73 bits per heavy atom. The lowest BCUT2D eigenvalue weighted by Gasteiger charge is -2.26. The summed E-state index contributed by atoms with van der Waals surface area (Å²) in [4.78, 5) is 0. The largest absolute Gasteiger partial charge is 0.379 e. The Balaban J connectivity index is 1.64. The van der Waals surface area contributed by atoms with Crippen LogP contribution in [-0.2, 0) is 33.6 Å². The van der Waals surface area contributed by atoms with Crippen molar-refractivity contribution >= 4 is 10.0 Å². The summed E-state index contributed by atoms with van der Waals surface area (Å²) in [5.74, 6) is -0.286. The highest BCUT2D eigenvalue weighted by molar-refractivity contribution is 7.88. The monoisotopic (exact) mass is 378 g/mol. The molecule has 1 fully saturated rings. The Morgan fingerprint density at radius 1 is 1.00 bits per heavy atom. The van der Waals surface area contributed by atoms with Crippen molar-refractivity contribution in [3.05, 3.63) is 71.0 Å². The second-order valence-electron chi connectivity index (χ2n) is 6.27. The minimum absolute atomic E-state index is 0.0230. The quantitative estimate of drug-likeness (QED) is 0.803. The molecule has 0 saturated carbocycles. The number of hydrogen-bond acceptors (Lipinski definition) is 4. The van der Waals surface area contributed by atoms with Gasteiger partial charge in [0.15, 0.2) is 0 Å². The standard InChI is InChI=1S/C19H23FN2O3S/c20-19-7-3-4-16(12-19)13-21-14-17-5-1-2-6-18(17)15-26(23,24)22-8-10-25-11-9-22/h1-7,12,21H,8-11,13-15H2. The Kier molecular flexibility index (Phi) is 6.37. The van der Waals surface area contributed by atoms with E-state index in [1.165, 1.54) is 16.4 Å². The van der Waals surface area contributed by atoms with Crippen LogP contribution < -0.4 is 5.32 Å². The van der Waals surface area contributed by atoms with Crippen LogP contribution in [0.4, 0.5) is 4.39 Å². The smallest absolute Gasteiger partial charge is 0.218 e. The third kappa shape index (κ3) is 5.11. The molecule has 26 heavy (non-hydrogen) atoms. The molecule has 0 aromatic heterocycles. The van der Waals surface area contributed by atoms with Gasteiger partial charge in [-0.15, -0.1) is 0 Å². The average Bonchev–Trinajstić information content (AvgIpc) is 2.64. The predicted molar refractivity (Wildman–Crippen MR) is 98.4 cm³/mol. The second-order valence-corrected chi connectivity index (χ2v) is 8.24. The van der Waals surface area contributed by atoms with Gasteiger partial charge in [-0.2, -0.15) is 4.31 Å². The van der Waals surface area contributed by atoms with Crippen molar-refractivity contribution in [3.8, 4) is 0 Å². The minimum atomic E-state index is -3.37. The molecule has 0 atom stereocenters. The zero-order valence-corrected chi connectivity index (χ0v) is 15.3. The number of hydrogen-bond donors (Lipinski definition) is 1. The highest BCUT2D eigenvalue weighted by Crippen LogP contribution is 2.17. The van der Waals surface area contributed by atoms with Gasteiger partial charge < -0.3 is 10.1 Å². The van der Waals surface area contributed by atoms with Crippen molar-refractivity contribution in [2.45, 2.75) is 18.8 Å². The van der Waals surface area contributed by atoms with Gasteiger partial charge in [-0.25, -0.2) is 12.8 Å². The summed E-state index contributed by atoms with van der Waals surface area (Å²) in [5, 5.41) is 3.26. The molecule has 140 valence electrons. The molecule has 2 aromatic carbocycles. The third-order valence-electron chi connectivity index (χ3n) is 4.35. The lowest BCUT2D eigenvalue weighted by atomic mass is 10.1. The lowest BCUT2D eigenvalue weighted by Crippen LogP contribution is -2.41. The van der Waals surface area contributed by atoms with Gasteiger partial charge in [-0.3, -0.25) is 0 Å². The van der Waals surface area contributed by atoms with Crippen molar-refractivity contribution in [1.29, 1.82) is 0 Å². The van der Waals surface area contributed by atoms with Crippen LogP contribution in [0.3, 0.4) is 0 Å². The van der Waals surface area contributed by atoms with Gasteiger partial charge in [0.05, 0.1) is 19.0 Å². The van der Waals surface area contributed by atoms with Crippen LogP contribution in [0.2, 0.25) is 0 Å². The van der Waals surface area contributed by atoms with Crippen LogP contribution in [-0.4, -0.2) is 39.0 Å². The lowest BCUT2D eigenvalue weighted by molar-refractivity contribution is 0.0729. The fourth-order valence-electron chi connectivity index (χ4n) is 2.97. The highest BCUT2D eigenvalue weighted by Gasteiger charge is 2.25. The summed E-state index contributed by atoms with van der Waals surface area (Å²) >= 11 is 0. The Morgan fingerprint density at radius 3 is 2.46 bits per heavy atom. The van der Waals surface area contributed by atoms with Gasteiger partial charge in [-0.1, -0.05) is 36.4 Å². The second kappa shape index (κ2) is 8.73. The number of nitrogens with one attached hydrogen (secondary N) is 1. The van der Waals surface area contributed by atoms with Gasteiger partial charge >= 0.3 is 0 Å². The van der Waals surface area contributed by atoms with Crippen LogP contribution in [0.15, 0.2) is 48.5 Å². The number of halogens is 1. The molecule has 1 heterocycles. The topological polar surface area (TPSA) is 58.6 Å². The molecule has 0 spiro atoms. The summed E-state index contributed by atoms with van der Waals surface area (Å²) in [7, 11) is -3.37. The van der Waals surface area contributed by atoms with Crippen molar-refractivity contribution in [2.24, 2.45) is 0 Å². The molecule has 7 heteroatoms. The molecule has 0 bridgehead atoms. The molecule has 0 aliphatic carbocycles. The van der Waals surface area contributed by atoms with E-state index in [-0.39, 0.29) is 11.6 Å². The molecule has 1 N–H and O–H groups in total. The van der Waals surface area contributed by atoms with E-state index in [1.54, 1.807) is 6.07 Å². The van der Waals surface area contributed by atoms with E-state index in [2.05, 4.69) is 5.32 Å². The van der Waals surface area contributed by atoms with Crippen LogP contribution in [0.5, 0.6) is 0 Å². The van der Waals surface area contributed by atoms with E-state index in [0.717, 1.165) is 16.7 Å². The summed E-state index contributed by atoms with van der Waals surface area (Å²) in [6, 6.07) is 13.9. The number of nitrogens with zero attached hydrogens (tertiary/aromatic N) is 1.